The Kier molecular flexibility index (Phi) is 6.43. The average molecular weight is 209 g/mol. The third-order valence-electron chi connectivity index (χ3n) is 1.89. The van der Waals surface area contributed by atoms with Crippen LogP contribution >= 0.6 is 8.03 Å². The summed E-state index contributed by atoms with van der Waals surface area (Å²) in [5.41, 5.74) is 0. The Morgan fingerprint density at radius 2 is 1.85 bits per heavy atom. The molecule has 0 aliphatic carbocycles. The van der Waals surface area contributed by atoms with Gasteiger partial charge in [0, 0.05) is 20.6 Å². The highest BCUT2D eigenvalue weighted by atomic mass is 31.1. The van der Waals surface area contributed by atoms with Gasteiger partial charge in [-0.2, -0.15) is 0 Å². The molecule has 1 unspecified atom stereocenters. The number of methoxy groups -OCH3 is 2. The van der Waals surface area contributed by atoms with Crippen molar-refractivity contribution >= 4 is 8.03 Å². The Morgan fingerprint density at radius 1 is 1.31 bits per heavy atom. The van der Waals surface area contributed by atoms with Gasteiger partial charge in [-0.25, -0.2) is 0 Å². The topological polar surface area (TPSA) is 44.8 Å². The lowest BCUT2D eigenvalue weighted by Gasteiger charge is -2.24. The third-order valence-corrected chi connectivity index (χ3v) is 3.02. The highest BCUT2D eigenvalue weighted by Gasteiger charge is 2.28. The van der Waals surface area contributed by atoms with Crippen LogP contribution in [0.15, 0.2) is 0 Å². The van der Waals surface area contributed by atoms with Gasteiger partial charge in [0.05, 0.1) is 6.61 Å². The molecule has 0 N–H and O–H groups in total. The first-order chi connectivity index (χ1) is 6.08. The molecule has 0 aromatic heterocycles. The Bertz CT molecular complexity index is 156. The monoisotopic (exact) mass is 209 g/mol. The quantitative estimate of drug-likeness (QED) is 0.476. The molecule has 4 nitrogen and oxygen atoms in total. The van der Waals surface area contributed by atoms with E-state index >= 15 is 0 Å². The highest BCUT2D eigenvalue weighted by Crippen LogP contribution is 2.27. The summed E-state index contributed by atoms with van der Waals surface area (Å²) in [6, 6.07) is 0. The SMILES string of the molecule is CCO[P+](=O)CCC(C)(OC)OC. The number of hydrogen-bond donors (Lipinski definition) is 0. The van der Waals surface area contributed by atoms with Crippen molar-refractivity contribution in [1.82, 2.24) is 0 Å². The summed E-state index contributed by atoms with van der Waals surface area (Å²) < 4.78 is 26.3. The van der Waals surface area contributed by atoms with Gasteiger partial charge >= 0.3 is 8.03 Å². The van der Waals surface area contributed by atoms with E-state index in [0.29, 0.717) is 19.2 Å². The second-order valence-electron chi connectivity index (χ2n) is 2.77. The van der Waals surface area contributed by atoms with Crippen molar-refractivity contribution in [3.8, 4) is 0 Å². The third kappa shape index (κ3) is 5.32. The summed E-state index contributed by atoms with van der Waals surface area (Å²) in [5, 5.41) is 0. The van der Waals surface area contributed by atoms with Gasteiger partial charge in [0.1, 0.15) is 0 Å². The van der Waals surface area contributed by atoms with Crippen LogP contribution in [-0.2, 0) is 18.6 Å². The van der Waals surface area contributed by atoms with Crippen LogP contribution in [0, 0.1) is 0 Å². The predicted molar refractivity (Wildman–Crippen MR) is 51.1 cm³/mol. The molecule has 0 bridgehead atoms. The zero-order valence-corrected chi connectivity index (χ0v) is 9.60. The number of ether oxygens (including phenoxy) is 2. The van der Waals surface area contributed by atoms with Crippen molar-refractivity contribution in [2.45, 2.75) is 26.1 Å². The lowest BCUT2D eigenvalue weighted by atomic mass is 10.2. The molecular weight excluding hydrogens is 191 g/mol. The molecule has 0 spiro atoms. The summed E-state index contributed by atoms with van der Waals surface area (Å²) in [6.45, 7) is 4.10. The van der Waals surface area contributed by atoms with Crippen LogP contribution in [0.3, 0.4) is 0 Å². The van der Waals surface area contributed by atoms with Gasteiger partial charge in [-0.3, -0.25) is 0 Å². The van der Waals surface area contributed by atoms with Crippen LogP contribution in [0.5, 0.6) is 0 Å². The molecular formula is C8H18O4P+. The zero-order valence-electron chi connectivity index (χ0n) is 8.70. The molecule has 0 aliphatic rings. The number of hydrogen-bond acceptors (Lipinski definition) is 4. The maximum atomic E-state index is 11.1. The van der Waals surface area contributed by atoms with E-state index in [-0.39, 0.29) is 0 Å². The van der Waals surface area contributed by atoms with Gasteiger partial charge in [-0.1, -0.05) is 0 Å². The van der Waals surface area contributed by atoms with Gasteiger partial charge in [0.25, 0.3) is 0 Å². The first-order valence-corrected chi connectivity index (χ1v) is 5.62. The maximum Gasteiger partial charge on any atom is 0.508 e. The van der Waals surface area contributed by atoms with Crippen LogP contribution in [0.4, 0.5) is 0 Å². The van der Waals surface area contributed by atoms with E-state index in [0.717, 1.165) is 0 Å². The Balaban J connectivity index is 3.78. The minimum Gasteiger partial charge on any atom is -0.353 e. The average Bonchev–Trinajstić information content (AvgIpc) is 2.15. The van der Waals surface area contributed by atoms with Crippen molar-refractivity contribution in [3.05, 3.63) is 0 Å². The lowest BCUT2D eigenvalue weighted by Crippen LogP contribution is -2.30. The first-order valence-electron chi connectivity index (χ1n) is 4.26. The van der Waals surface area contributed by atoms with Crippen molar-refractivity contribution < 1.29 is 18.6 Å². The van der Waals surface area contributed by atoms with E-state index in [4.69, 9.17) is 14.0 Å². The van der Waals surface area contributed by atoms with Crippen LogP contribution in [0.2, 0.25) is 0 Å². The van der Waals surface area contributed by atoms with Crippen molar-refractivity contribution in [1.29, 1.82) is 0 Å². The molecule has 5 heteroatoms. The van der Waals surface area contributed by atoms with Crippen molar-refractivity contribution in [2.75, 3.05) is 27.0 Å². The van der Waals surface area contributed by atoms with Crippen LogP contribution < -0.4 is 0 Å². The minimum atomic E-state index is -1.57. The molecule has 0 aromatic carbocycles. The van der Waals surface area contributed by atoms with E-state index in [9.17, 15) is 4.57 Å². The molecule has 13 heavy (non-hydrogen) atoms. The minimum absolute atomic E-state index is 0.460. The van der Waals surface area contributed by atoms with E-state index < -0.39 is 13.8 Å². The van der Waals surface area contributed by atoms with Crippen LogP contribution in [-0.4, -0.2) is 32.8 Å². The maximum absolute atomic E-state index is 11.1. The Labute approximate surface area is 80.4 Å². The molecule has 0 aliphatic heterocycles. The summed E-state index contributed by atoms with van der Waals surface area (Å²) in [6.07, 6.45) is 1.02. The largest absolute Gasteiger partial charge is 0.508 e. The summed E-state index contributed by atoms with van der Waals surface area (Å²) >= 11 is 0. The number of rotatable bonds is 7. The van der Waals surface area contributed by atoms with Gasteiger partial charge < -0.3 is 9.47 Å². The smallest absolute Gasteiger partial charge is 0.353 e. The van der Waals surface area contributed by atoms with Crippen LogP contribution in [0.25, 0.3) is 0 Å². The van der Waals surface area contributed by atoms with E-state index in [1.807, 2.05) is 13.8 Å². The van der Waals surface area contributed by atoms with E-state index in [2.05, 4.69) is 0 Å². The fourth-order valence-corrected chi connectivity index (χ4v) is 1.80. The van der Waals surface area contributed by atoms with E-state index in [1.54, 1.807) is 14.2 Å². The van der Waals surface area contributed by atoms with Crippen molar-refractivity contribution in [3.63, 3.8) is 0 Å². The summed E-state index contributed by atoms with van der Waals surface area (Å²) in [4.78, 5) is 0. The molecule has 0 amide bonds. The molecule has 0 heterocycles. The Morgan fingerprint density at radius 3 is 2.23 bits per heavy atom. The van der Waals surface area contributed by atoms with Gasteiger partial charge in [0.15, 0.2) is 11.9 Å². The molecule has 0 fully saturated rings. The van der Waals surface area contributed by atoms with Gasteiger partial charge in [-0.15, -0.1) is 4.52 Å². The second kappa shape index (κ2) is 6.44. The highest BCUT2D eigenvalue weighted by molar-refractivity contribution is 7.39. The van der Waals surface area contributed by atoms with Crippen molar-refractivity contribution in [2.24, 2.45) is 0 Å². The molecule has 1 atom stereocenters. The fourth-order valence-electron chi connectivity index (χ4n) is 0.790. The molecule has 0 rings (SSSR count). The Hall–Kier alpha value is -0.0200. The molecule has 0 saturated heterocycles. The van der Waals surface area contributed by atoms with Crippen LogP contribution in [0.1, 0.15) is 20.3 Å². The summed E-state index contributed by atoms with van der Waals surface area (Å²) in [5.74, 6) is -0.651. The first kappa shape index (κ1) is 13.0. The molecule has 0 saturated carbocycles. The second-order valence-corrected chi connectivity index (χ2v) is 4.14. The predicted octanol–water partition coefficient (Wildman–Crippen LogP) is 2.16. The molecule has 0 aromatic rings. The van der Waals surface area contributed by atoms with E-state index in [1.165, 1.54) is 0 Å². The standard InChI is InChI=1S/C8H18O4P/c1-5-12-13(9)7-6-8(2,10-3)11-4/h5-7H2,1-4H3/q+1. The molecule has 0 radical (unpaired) electrons. The van der Waals surface area contributed by atoms with Gasteiger partial charge in [-0.05, 0) is 18.4 Å². The molecule has 78 valence electrons. The van der Waals surface area contributed by atoms with Gasteiger partial charge in [0.2, 0.25) is 0 Å². The fraction of sp³-hybridized carbons (Fsp3) is 1.00. The summed E-state index contributed by atoms with van der Waals surface area (Å²) in [7, 11) is 1.57. The lowest BCUT2D eigenvalue weighted by molar-refractivity contribution is -0.193. The normalized spacial score (nSPS) is 13.1. The zero-order chi connectivity index (χ0) is 10.3.